The molecule has 1 saturated carbocycles. The number of hydrogen-bond acceptors (Lipinski definition) is 7. The summed E-state index contributed by atoms with van der Waals surface area (Å²) in [7, 11) is 0. The number of hydrogen-bond donors (Lipinski definition) is 1. The smallest absolute Gasteiger partial charge is 0.258 e. The highest BCUT2D eigenvalue weighted by molar-refractivity contribution is 5.85. The quantitative estimate of drug-likeness (QED) is 0.717. The Kier molecular flexibility index (Phi) is 7.33. The Bertz CT molecular complexity index is 717. The van der Waals surface area contributed by atoms with Crippen LogP contribution in [0.2, 0.25) is 0 Å². The number of nitrogens with zero attached hydrogens (tertiary/aromatic N) is 2. The van der Waals surface area contributed by atoms with E-state index in [1.807, 2.05) is 32.9 Å². The van der Waals surface area contributed by atoms with Crippen LogP contribution < -0.4 is 19.9 Å². The molecule has 2 aromatic rings. The molecule has 27 heavy (non-hydrogen) atoms. The van der Waals surface area contributed by atoms with Crippen molar-refractivity contribution in [2.75, 3.05) is 19.8 Å². The first kappa shape index (κ1) is 21.3. The minimum Gasteiger partial charge on any atom is -0.490 e. The summed E-state index contributed by atoms with van der Waals surface area (Å²) in [4.78, 5) is 4.56. The van der Waals surface area contributed by atoms with Crippen molar-refractivity contribution in [1.29, 1.82) is 0 Å². The van der Waals surface area contributed by atoms with Gasteiger partial charge in [-0.15, -0.1) is 12.4 Å². The van der Waals surface area contributed by atoms with Crippen LogP contribution in [0.15, 0.2) is 16.7 Å². The summed E-state index contributed by atoms with van der Waals surface area (Å²) in [5, 5.41) is 4.13. The molecule has 2 N–H and O–H groups in total. The second-order valence-electron chi connectivity index (χ2n) is 6.39. The minimum atomic E-state index is -0.488. The maximum Gasteiger partial charge on any atom is 0.258 e. The molecule has 0 unspecified atom stereocenters. The molecule has 0 bridgehead atoms. The zero-order valence-corrected chi connectivity index (χ0v) is 16.9. The van der Waals surface area contributed by atoms with E-state index in [1.165, 1.54) is 0 Å². The van der Waals surface area contributed by atoms with Gasteiger partial charge in [0.2, 0.25) is 5.75 Å². The molecule has 1 aromatic carbocycles. The van der Waals surface area contributed by atoms with Gasteiger partial charge >= 0.3 is 0 Å². The Balaban J connectivity index is 0.00000261. The summed E-state index contributed by atoms with van der Waals surface area (Å²) >= 11 is 0. The van der Waals surface area contributed by atoms with Crippen molar-refractivity contribution in [3.8, 4) is 28.7 Å². The lowest BCUT2D eigenvalue weighted by Crippen LogP contribution is -2.34. The minimum absolute atomic E-state index is 0. The highest BCUT2D eigenvalue weighted by Gasteiger charge is 2.36. The van der Waals surface area contributed by atoms with Gasteiger partial charge in [0.15, 0.2) is 17.3 Å². The third kappa shape index (κ3) is 4.47. The van der Waals surface area contributed by atoms with Crippen molar-refractivity contribution >= 4 is 12.4 Å². The SMILES string of the molecule is CCOc1cc(-c2nc(C3(N)CCCC3)no2)cc(OCC)c1OCC.Cl. The van der Waals surface area contributed by atoms with Crippen molar-refractivity contribution < 1.29 is 18.7 Å². The zero-order chi connectivity index (χ0) is 18.6. The van der Waals surface area contributed by atoms with Crippen LogP contribution in [0.4, 0.5) is 0 Å². The molecule has 150 valence electrons. The molecule has 1 aliphatic carbocycles. The summed E-state index contributed by atoms with van der Waals surface area (Å²) in [6, 6.07) is 3.68. The lowest BCUT2D eigenvalue weighted by atomic mass is 9.99. The molecular weight excluding hydrogens is 370 g/mol. The van der Waals surface area contributed by atoms with Crippen LogP contribution in [0, 0.1) is 0 Å². The Labute approximate surface area is 166 Å². The van der Waals surface area contributed by atoms with Crippen LogP contribution in [0.25, 0.3) is 11.5 Å². The van der Waals surface area contributed by atoms with Crippen LogP contribution in [0.3, 0.4) is 0 Å². The molecule has 3 rings (SSSR count). The van der Waals surface area contributed by atoms with Gasteiger partial charge in [-0.1, -0.05) is 18.0 Å². The maximum atomic E-state index is 6.44. The number of aromatic nitrogens is 2. The fourth-order valence-electron chi connectivity index (χ4n) is 3.28. The van der Waals surface area contributed by atoms with E-state index in [2.05, 4.69) is 10.1 Å². The number of halogens is 1. The van der Waals surface area contributed by atoms with Crippen molar-refractivity contribution in [2.45, 2.75) is 52.0 Å². The van der Waals surface area contributed by atoms with Crippen molar-refractivity contribution in [2.24, 2.45) is 5.73 Å². The average molecular weight is 398 g/mol. The molecule has 0 aliphatic heterocycles. The maximum absolute atomic E-state index is 6.44. The van der Waals surface area contributed by atoms with Crippen LogP contribution in [-0.2, 0) is 5.54 Å². The van der Waals surface area contributed by atoms with Crippen LogP contribution >= 0.6 is 12.4 Å². The molecule has 1 heterocycles. The van der Waals surface area contributed by atoms with Crippen LogP contribution in [0.5, 0.6) is 17.2 Å². The molecule has 0 saturated heterocycles. The summed E-state index contributed by atoms with van der Waals surface area (Å²) < 4.78 is 22.7. The van der Waals surface area contributed by atoms with Gasteiger partial charge in [0.1, 0.15) is 0 Å². The molecule has 7 nitrogen and oxygen atoms in total. The van der Waals surface area contributed by atoms with Crippen LogP contribution in [-0.4, -0.2) is 30.0 Å². The standard InChI is InChI=1S/C19H27N3O4.ClH/c1-4-23-14-11-13(12-15(24-5-2)16(14)25-6-3)17-21-18(22-26-17)19(20)9-7-8-10-19;/h11-12H,4-10,20H2,1-3H3;1H. The molecular formula is C19H28ClN3O4. The average Bonchev–Trinajstić information content (AvgIpc) is 3.28. The van der Waals surface area contributed by atoms with E-state index >= 15 is 0 Å². The number of ether oxygens (including phenoxy) is 3. The third-order valence-corrected chi connectivity index (χ3v) is 4.52. The summed E-state index contributed by atoms with van der Waals surface area (Å²) in [6.45, 7) is 7.30. The zero-order valence-electron chi connectivity index (χ0n) is 16.1. The van der Waals surface area contributed by atoms with E-state index in [0.717, 1.165) is 31.2 Å². The summed E-state index contributed by atoms with van der Waals surface area (Å²) in [5.41, 5.74) is 6.67. The molecule has 1 aromatic heterocycles. The number of benzene rings is 1. The van der Waals surface area contributed by atoms with Crippen molar-refractivity contribution in [3.05, 3.63) is 18.0 Å². The first-order valence-corrected chi connectivity index (χ1v) is 9.31. The van der Waals surface area contributed by atoms with Gasteiger partial charge in [-0.25, -0.2) is 0 Å². The highest BCUT2D eigenvalue weighted by Crippen LogP contribution is 2.42. The second kappa shape index (κ2) is 9.28. The van der Waals surface area contributed by atoms with E-state index in [9.17, 15) is 0 Å². The fourth-order valence-corrected chi connectivity index (χ4v) is 3.28. The lowest BCUT2D eigenvalue weighted by molar-refractivity contribution is 0.261. The number of nitrogens with two attached hydrogens (primary N) is 1. The van der Waals surface area contributed by atoms with Crippen molar-refractivity contribution in [3.63, 3.8) is 0 Å². The Morgan fingerprint density at radius 3 is 2.07 bits per heavy atom. The molecule has 0 radical (unpaired) electrons. The van der Waals surface area contributed by atoms with Crippen LogP contribution in [0.1, 0.15) is 52.3 Å². The molecule has 0 spiro atoms. The van der Waals surface area contributed by atoms with Gasteiger partial charge in [-0.2, -0.15) is 4.98 Å². The monoisotopic (exact) mass is 397 g/mol. The van der Waals surface area contributed by atoms with E-state index in [4.69, 9.17) is 24.5 Å². The first-order chi connectivity index (χ1) is 12.6. The third-order valence-electron chi connectivity index (χ3n) is 4.52. The molecule has 1 fully saturated rings. The first-order valence-electron chi connectivity index (χ1n) is 9.31. The summed E-state index contributed by atoms with van der Waals surface area (Å²) in [5.74, 6) is 2.75. The Morgan fingerprint density at radius 1 is 1.00 bits per heavy atom. The lowest BCUT2D eigenvalue weighted by Gasteiger charge is -2.18. The Hall–Kier alpha value is -1.99. The predicted octanol–water partition coefficient (Wildman–Crippen LogP) is 4.08. The molecule has 8 heteroatoms. The largest absolute Gasteiger partial charge is 0.490 e. The van der Waals surface area contributed by atoms with Gasteiger partial charge in [0, 0.05) is 5.56 Å². The van der Waals surface area contributed by atoms with Crippen molar-refractivity contribution in [1.82, 2.24) is 10.1 Å². The van der Waals surface area contributed by atoms with Gasteiger partial charge < -0.3 is 24.5 Å². The Morgan fingerprint density at radius 2 is 1.56 bits per heavy atom. The van der Waals surface area contributed by atoms with E-state index in [-0.39, 0.29) is 12.4 Å². The molecule has 1 aliphatic rings. The fraction of sp³-hybridized carbons (Fsp3) is 0.579. The molecule has 0 atom stereocenters. The second-order valence-corrected chi connectivity index (χ2v) is 6.39. The van der Waals surface area contributed by atoms with Gasteiger partial charge in [-0.05, 0) is 45.7 Å². The normalized spacial score (nSPS) is 15.3. The van der Waals surface area contributed by atoms with Gasteiger partial charge in [-0.3, -0.25) is 0 Å². The topological polar surface area (TPSA) is 92.6 Å². The summed E-state index contributed by atoms with van der Waals surface area (Å²) in [6.07, 6.45) is 3.94. The van der Waals surface area contributed by atoms with E-state index in [1.54, 1.807) is 0 Å². The highest BCUT2D eigenvalue weighted by atomic mass is 35.5. The van der Waals surface area contributed by atoms with E-state index in [0.29, 0.717) is 48.8 Å². The number of rotatable bonds is 8. The molecule has 0 amide bonds. The van der Waals surface area contributed by atoms with Gasteiger partial charge in [0.25, 0.3) is 5.89 Å². The van der Waals surface area contributed by atoms with E-state index < -0.39 is 5.54 Å². The van der Waals surface area contributed by atoms with Gasteiger partial charge in [0.05, 0.1) is 25.4 Å². The predicted molar refractivity (Wildman–Crippen MR) is 105 cm³/mol.